The van der Waals surface area contributed by atoms with E-state index in [1.807, 2.05) is 24.3 Å². The molecular formula is C19H15ClN4O2S. The number of fused-ring (bicyclic) bond motifs is 3. The zero-order valence-corrected chi connectivity index (χ0v) is 15.9. The number of hydrogen-bond acceptors (Lipinski definition) is 5. The molecule has 4 aromatic rings. The molecular weight excluding hydrogens is 384 g/mol. The molecule has 136 valence electrons. The first kappa shape index (κ1) is 17.6. The smallest absolute Gasteiger partial charge is 0.234 e. The number of nitrogens with one attached hydrogen (secondary N) is 2. The van der Waals surface area contributed by atoms with Crippen LogP contribution in [0.3, 0.4) is 0 Å². The number of nitrogens with zero attached hydrogens (tertiary/aromatic N) is 2. The fourth-order valence-corrected chi connectivity index (χ4v) is 3.82. The van der Waals surface area contributed by atoms with Gasteiger partial charge in [-0.25, -0.2) is 9.97 Å². The molecule has 0 aliphatic rings. The molecule has 0 saturated carbocycles. The lowest BCUT2D eigenvalue weighted by molar-refractivity contribution is -0.113. The molecule has 1 amide bonds. The third kappa shape index (κ3) is 3.56. The number of benzene rings is 2. The number of amides is 1. The predicted octanol–water partition coefficient (Wildman–Crippen LogP) is 4.50. The van der Waals surface area contributed by atoms with Gasteiger partial charge in [-0.1, -0.05) is 41.6 Å². The highest BCUT2D eigenvalue weighted by molar-refractivity contribution is 8.00. The first-order valence-electron chi connectivity index (χ1n) is 8.13. The van der Waals surface area contributed by atoms with Gasteiger partial charge in [0.25, 0.3) is 0 Å². The summed E-state index contributed by atoms with van der Waals surface area (Å²) in [5.41, 5.74) is 3.30. The number of H-pyrrole nitrogens is 1. The van der Waals surface area contributed by atoms with Crippen LogP contribution in [0.4, 0.5) is 5.69 Å². The number of halogens is 1. The third-order valence-corrected chi connectivity index (χ3v) is 5.31. The Bertz CT molecular complexity index is 1150. The summed E-state index contributed by atoms with van der Waals surface area (Å²) < 4.78 is 5.11. The van der Waals surface area contributed by atoms with E-state index in [4.69, 9.17) is 16.3 Å². The van der Waals surface area contributed by atoms with Crippen molar-refractivity contribution in [3.63, 3.8) is 0 Å². The molecule has 27 heavy (non-hydrogen) atoms. The lowest BCUT2D eigenvalue weighted by atomic mass is 10.2. The zero-order chi connectivity index (χ0) is 18.8. The van der Waals surface area contributed by atoms with Gasteiger partial charge in [-0.05, 0) is 24.3 Å². The topological polar surface area (TPSA) is 79.9 Å². The van der Waals surface area contributed by atoms with E-state index < -0.39 is 0 Å². The predicted molar refractivity (Wildman–Crippen MR) is 109 cm³/mol. The molecule has 0 aliphatic heterocycles. The number of aromatic amines is 1. The molecule has 0 aliphatic carbocycles. The van der Waals surface area contributed by atoms with Gasteiger partial charge in [0, 0.05) is 16.6 Å². The van der Waals surface area contributed by atoms with Gasteiger partial charge in [0.1, 0.15) is 22.6 Å². The fourth-order valence-electron chi connectivity index (χ4n) is 2.80. The van der Waals surface area contributed by atoms with Crippen molar-refractivity contribution in [2.75, 3.05) is 18.2 Å². The Morgan fingerprint density at radius 1 is 1.26 bits per heavy atom. The molecule has 0 spiro atoms. The van der Waals surface area contributed by atoms with Gasteiger partial charge in [-0.3, -0.25) is 4.79 Å². The zero-order valence-electron chi connectivity index (χ0n) is 14.3. The minimum Gasteiger partial charge on any atom is -0.495 e. The Labute approximate surface area is 164 Å². The van der Waals surface area contributed by atoms with Gasteiger partial charge in [-0.2, -0.15) is 0 Å². The SMILES string of the molecule is COc1ccc(NC(=O)CSc2ncnc3c2[nH]c2ccccc23)cc1Cl. The van der Waals surface area contributed by atoms with Gasteiger partial charge in [0.05, 0.1) is 23.4 Å². The highest BCUT2D eigenvalue weighted by Gasteiger charge is 2.13. The second-order valence-corrected chi connectivity index (χ2v) is 7.13. The summed E-state index contributed by atoms with van der Waals surface area (Å²) in [6.45, 7) is 0. The van der Waals surface area contributed by atoms with Gasteiger partial charge in [0.2, 0.25) is 5.91 Å². The number of thioether (sulfide) groups is 1. The Hall–Kier alpha value is -2.77. The van der Waals surface area contributed by atoms with Crippen LogP contribution in [-0.4, -0.2) is 33.7 Å². The molecule has 0 bridgehead atoms. The monoisotopic (exact) mass is 398 g/mol. The average molecular weight is 399 g/mol. The average Bonchev–Trinajstić information content (AvgIpc) is 3.06. The van der Waals surface area contributed by atoms with Crippen LogP contribution in [-0.2, 0) is 4.79 Å². The van der Waals surface area contributed by atoms with Crippen molar-refractivity contribution in [1.29, 1.82) is 0 Å². The van der Waals surface area contributed by atoms with Crippen molar-refractivity contribution in [2.45, 2.75) is 5.03 Å². The molecule has 8 heteroatoms. The molecule has 2 heterocycles. The first-order valence-corrected chi connectivity index (χ1v) is 9.49. The fraction of sp³-hybridized carbons (Fsp3) is 0.105. The molecule has 0 atom stereocenters. The number of carbonyl (C=O) groups excluding carboxylic acids is 1. The summed E-state index contributed by atoms with van der Waals surface area (Å²) in [5.74, 6) is 0.626. The van der Waals surface area contributed by atoms with E-state index in [1.54, 1.807) is 25.3 Å². The van der Waals surface area contributed by atoms with Crippen LogP contribution in [0.25, 0.3) is 21.9 Å². The van der Waals surface area contributed by atoms with E-state index in [0.717, 1.165) is 27.0 Å². The summed E-state index contributed by atoms with van der Waals surface area (Å²) >= 11 is 7.44. The summed E-state index contributed by atoms with van der Waals surface area (Å²) in [5, 5.41) is 5.04. The van der Waals surface area contributed by atoms with E-state index in [0.29, 0.717) is 16.5 Å². The molecule has 2 N–H and O–H groups in total. The van der Waals surface area contributed by atoms with Crippen LogP contribution in [0.15, 0.2) is 53.8 Å². The van der Waals surface area contributed by atoms with Gasteiger partial charge in [-0.15, -0.1) is 0 Å². The number of rotatable bonds is 5. The van der Waals surface area contributed by atoms with Crippen molar-refractivity contribution < 1.29 is 9.53 Å². The van der Waals surface area contributed by atoms with E-state index in [9.17, 15) is 4.79 Å². The molecule has 2 aromatic heterocycles. The molecule has 0 saturated heterocycles. The van der Waals surface area contributed by atoms with Gasteiger partial charge >= 0.3 is 0 Å². The Morgan fingerprint density at radius 3 is 2.93 bits per heavy atom. The van der Waals surface area contributed by atoms with Crippen LogP contribution >= 0.6 is 23.4 Å². The Morgan fingerprint density at radius 2 is 2.11 bits per heavy atom. The van der Waals surface area contributed by atoms with Crippen LogP contribution in [0, 0.1) is 0 Å². The Balaban J connectivity index is 1.50. The maximum atomic E-state index is 12.3. The maximum absolute atomic E-state index is 12.3. The minimum atomic E-state index is -0.149. The summed E-state index contributed by atoms with van der Waals surface area (Å²) in [4.78, 5) is 24.3. The summed E-state index contributed by atoms with van der Waals surface area (Å²) in [6.07, 6.45) is 1.52. The number of ether oxygens (including phenoxy) is 1. The third-order valence-electron chi connectivity index (χ3n) is 4.03. The van der Waals surface area contributed by atoms with Crippen LogP contribution in [0.2, 0.25) is 5.02 Å². The molecule has 4 rings (SSSR count). The van der Waals surface area contributed by atoms with Crippen molar-refractivity contribution in [1.82, 2.24) is 15.0 Å². The first-order chi connectivity index (χ1) is 13.2. The molecule has 6 nitrogen and oxygen atoms in total. The van der Waals surface area contributed by atoms with E-state index in [2.05, 4.69) is 20.3 Å². The second-order valence-electron chi connectivity index (χ2n) is 5.76. The number of aromatic nitrogens is 3. The lowest BCUT2D eigenvalue weighted by Gasteiger charge is -2.08. The van der Waals surface area contributed by atoms with Crippen molar-refractivity contribution in [3.05, 3.63) is 53.8 Å². The number of para-hydroxylation sites is 1. The molecule has 0 radical (unpaired) electrons. The van der Waals surface area contributed by atoms with E-state index >= 15 is 0 Å². The highest BCUT2D eigenvalue weighted by Crippen LogP contribution is 2.30. The molecule has 0 fully saturated rings. The quantitative estimate of drug-likeness (QED) is 0.382. The number of methoxy groups -OCH3 is 1. The van der Waals surface area contributed by atoms with Crippen molar-refractivity contribution in [3.8, 4) is 5.75 Å². The van der Waals surface area contributed by atoms with Gasteiger partial charge < -0.3 is 15.0 Å². The van der Waals surface area contributed by atoms with E-state index in [1.165, 1.54) is 18.1 Å². The van der Waals surface area contributed by atoms with Crippen LogP contribution in [0.5, 0.6) is 5.75 Å². The summed E-state index contributed by atoms with van der Waals surface area (Å²) in [6, 6.07) is 13.0. The van der Waals surface area contributed by atoms with Crippen molar-refractivity contribution >= 4 is 56.9 Å². The van der Waals surface area contributed by atoms with Crippen LogP contribution < -0.4 is 10.1 Å². The second kappa shape index (κ2) is 7.46. The largest absolute Gasteiger partial charge is 0.495 e. The Kier molecular flexibility index (Phi) is 4.87. The van der Waals surface area contributed by atoms with Crippen LogP contribution in [0.1, 0.15) is 0 Å². The standard InChI is InChI=1S/C19H15ClN4O2S/c1-26-15-7-6-11(8-13(15)20)23-16(25)9-27-19-18-17(21-10-22-19)12-4-2-3-5-14(12)24-18/h2-8,10,24H,9H2,1H3,(H,23,25). The van der Waals surface area contributed by atoms with E-state index in [-0.39, 0.29) is 11.7 Å². The lowest BCUT2D eigenvalue weighted by Crippen LogP contribution is -2.14. The summed E-state index contributed by atoms with van der Waals surface area (Å²) in [7, 11) is 1.54. The molecule has 0 unspecified atom stereocenters. The number of anilines is 1. The maximum Gasteiger partial charge on any atom is 0.234 e. The van der Waals surface area contributed by atoms with Gasteiger partial charge in [0.15, 0.2) is 0 Å². The molecule has 2 aromatic carbocycles. The highest BCUT2D eigenvalue weighted by atomic mass is 35.5. The number of carbonyl (C=O) groups is 1. The van der Waals surface area contributed by atoms with Crippen molar-refractivity contribution in [2.24, 2.45) is 0 Å². The number of hydrogen-bond donors (Lipinski definition) is 2. The normalized spacial score (nSPS) is 11.0. The minimum absolute atomic E-state index is 0.149.